The molecule has 0 atom stereocenters. The lowest BCUT2D eigenvalue weighted by Gasteiger charge is -2.10. The summed E-state index contributed by atoms with van der Waals surface area (Å²) in [7, 11) is 0. The quantitative estimate of drug-likeness (QED) is 0.644. The summed E-state index contributed by atoms with van der Waals surface area (Å²) in [5.74, 6) is -0.176. The normalized spacial score (nSPS) is 10.8. The first-order chi connectivity index (χ1) is 9.95. The van der Waals surface area contributed by atoms with E-state index in [9.17, 15) is 4.79 Å². The smallest absolute Gasteiger partial charge is 0.248 e. The van der Waals surface area contributed by atoms with E-state index in [-0.39, 0.29) is 5.91 Å². The number of carbonyl (C=O) groups is 1. The van der Waals surface area contributed by atoms with Gasteiger partial charge in [0.15, 0.2) is 0 Å². The van der Waals surface area contributed by atoms with E-state index in [1.807, 2.05) is 50.2 Å². The molecule has 0 aliphatic carbocycles. The molecule has 0 saturated heterocycles. The van der Waals surface area contributed by atoms with Crippen LogP contribution >= 0.6 is 15.9 Å². The van der Waals surface area contributed by atoms with Crippen molar-refractivity contribution in [2.75, 3.05) is 11.1 Å². The SMILES string of the molecule is Cc1cc(C)c(NC(=O)/C=C/c2cccc(N)c2)c(Br)c1. The third kappa shape index (κ3) is 4.20. The molecule has 2 aromatic rings. The molecule has 3 nitrogen and oxygen atoms in total. The monoisotopic (exact) mass is 344 g/mol. The van der Waals surface area contributed by atoms with Crippen molar-refractivity contribution < 1.29 is 4.79 Å². The van der Waals surface area contributed by atoms with Crippen molar-refractivity contribution >= 4 is 39.3 Å². The van der Waals surface area contributed by atoms with Crippen LogP contribution in [0.1, 0.15) is 16.7 Å². The molecule has 1 amide bonds. The van der Waals surface area contributed by atoms with Crippen molar-refractivity contribution in [1.82, 2.24) is 0 Å². The molecule has 2 rings (SSSR count). The highest BCUT2D eigenvalue weighted by atomic mass is 79.9. The zero-order valence-electron chi connectivity index (χ0n) is 12.0. The van der Waals surface area contributed by atoms with E-state index in [1.54, 1.807) is 6.08 Å². The number of amides is 1. The highest BCUT2D eigenvalue weighted by Gasteiger charge is 2.07. The number of rotatable bonds is 3. The Hall–Kier alpha value is -2.07. The Kier molecular flexibility index (Phi) is 4.81. The number of aryl methyl sites for hydroxylation is 2. The highest BCUT2D eigenvalue weighted by Crippen LogP contribution is 2.27. The Bertz CT molecular complexity index is 685. The summed E-state index contributed by atoms with van der Waals surface area (Å²) in [6.45, 7) is 3.98. The van der Waals surface area contributed by atoms with Gasteiger partial charge in [-0.05, 0) is 70.7 Å². The number of hydrogen-bond donors (Lipinski definition) is 2. The van der Waals surface area contributed by atoms with E-state index in [0.717, 1.165) is 26.9 Å². The zero-order valence-corrected chi connectivity index (χ0v) is 13.6. The molecular weight excluding hydrogens is 328 g/mol. The second-order valence-electron chi connectivity index (χ2n) is 4.93. The minimum atomic E-state index is -0.176. The first kappa shape index (κ1) is 15.3. The van der Waals surface area contributed by atoms with E-state index in [4.69, 9.17) is 5.73 Å². The van der Waals surface area contributed by atoms with Gasteiger partial charge in [0.25, 0.3) is 0 Å². The summed E-state index contributed by atoms with van der Waals surface area (Å²) >= 11 is 3.48. The van der Waals surface area contributed by atoms with Crippen LogP contribution < -0.4 is 11.1 Å². The molecule has 108 valence electrons. The average Bonchev–Trinajstić information content (AvgIpc) is 2.40. The van der Waals surface area contributed by atoms with E-state index in [2.05, 4.69) is 21.2 Å². The Morgan fingerprint density at radius 2 is 2.00 bits per heavy atom. The van der Waals surface area contributed by atoms with Gasteiger partial charge in [-0.3, -0.25) is 4.79 Å². The Morgan fingerprint density at radius 1 is 1.24 bits per heavy atom. The second-order valence-corrected chi connectivity index (χ2v) is 5.79. The number of nitrogens with two attached hydrogens (primary N) is 1. The van der Waals surface area contributed by atoms with Gasteiger partial charge in [0.1, 0.15) is 0 Å². The minimum Gasteiger partial charge on any atom is -0.399 e. The average molecular weight is 345 g/mol. The van der Waals surface area contributed by atoms with Gasteiger partial charge < -0.3 is 11.1 Å². The summed E-state index contributed by atoms with van der Waals surface area (Å²) in [6, 6.07) is 11.4. The fourth-order valence-electron chi connectivity index (χ4n) is 2.07. The van der Waals surface area contributed by atoms with Crippen LogP contribution in [0.5, 0.6) is 0 Å². The summed E-state index contributed by atoms with van der Waals surface area (Å²) < 4.78 is 0.880. The number of anilines is 2. The zero-order chi connectivity index (χ0) is 15.4. The molecule has 0 aliphatic heterocycles. The van der Waals surface area contributed by atoms with Crippen LogP contribution in [-0.4, -0.2) is 5.91 Å². The van der Waals surface area contributed by atoms with Crippen LogP contribution in [0.25, 0.3) is 6.08 Å². The van der Waals surface area contributed by atoms with Gasteiger partial charge in [-0.2, -0.15) is 0 Å². The number of hydrogen-bond acceptors (Lipinski definition) is 2. The first-order valence-electron chi connectivity index (χ1n) is 6.57. The number of nitrogens with one attached hydrogen (secondary N) is 1. The maximum absolute atomic E-state index is 12.0. The predicted octanol–water partition coefficient (Wildman–Crippen LogP) is 4.30. The Balaban J connectivity index is 2.12. The third-order valence-corrected chi connectivity index (χ3v) is 3.64. The number of benzene rings is 2. The van der Waals surface area contributed by atoms with E-state index >= 15 is 0 Å². The molecule has 0 radical (unpaired) electrons. The van der Waals surface area contributed by atoms with Gasteiger partial charge >= 0.3 is 0 Å². The van der Waals surface area contributed by atoms with Gasteiger partial charge in [-0.15, -0.1) is 0 Å². The number of nitrogen functional groups attached to an aromatic ring is 1. The summed E-state index contributed by atoms with van der Waals surface area (Å²) in [4.78, 5) is 12.0. The summed E-state index contributed by atoms with van der Waals surface area (Å²) in [5.41, 5.74) is 10.2. The van der Waals surface area contributed by atoms with Crippen LogP contribution in [0.2, 0.25) is 0 Å². The summed E-state index contributed by atoms with van der Waals surface area (Å²) in [6.07, 6.45) is 3.24. The molecular formula is C17H17BrN2O. The fraction of sp³-hybridized carbons (Fsp3) is 0.118. The van der Waals surface area contributed by atoms with Gasteiger partial charge in [-0.25, -0.2) is 0 Å². The molecule has 3 N–H and O–H groups in total. The predicted molar refractivity (Wildman–Crippen MR) is 92.1 cm³/mol. The van der Waals surface area contributed by atoms with Crippen molar-refractivity contribution in [3.63, 3.8) is 0 Å². The third-order valence-electron chi connectivity index (χ3n) is 3.02. The fourth-order valence-corrected chi connectivity index (χ4v) is 2.85. The molecule has 2 aromatic carbocycles. The van der Waals surface area contributed by atoms with Crippen LogP contribution in [-0.2, 0) is 4.79 Å². The lowest BCUT2D eigenvalue weighted by atomic mass is 10.1. The van der Waals surface area contributed by atoms with Crippen LogP contribution in [0.3, 0.4) is 0 Å². The molecule has 4 heteroatoms. The van der Waals surface area contributed by atoms with E-state index in [1.165, 1.54) is 6.08 Å². The molecule has 0 spiro atoms. The van der Waals surface area contributed by atoms with Gasteiger partial charge in [0.05, 0.1) is 5.69 Å². The minimum absolute atomic E-state index is 0.176. The number of halogens is 1. The Morgan fingerprint density at radius 3 is 2.67 bits per heavy atom. The first-order valence-corrected chi connectivity index (χ1v) is 7.36. The van der Waals surface area contributed by atoms with Gasteiger partial charge in [0, 0.05) is 16.2 Å². The van der Waals surface area contributed by atoms with Gasteiger partial charge in [-0.1, -0.05) is 18.2 Å². The van der Waals surface area contributed by atoms with Crippen molar-refractivity contribution in [2.24, 2.45) is 0 Å². The van der Waals surface area contributed by atoms with E-state index < -0.39 is 0 Å². The maximum atomic E-state index is 12.0. The van der Waals surface area contributed by atoms with E-state index in [0.29, 0.717) is 5.69 Å². The number of carbonyl (C=O) groups excluding carboxylic acids is 1. The highest BCUT2D eigenvalue weighted by molar-refractivity contribution is 9.10. The second kappa shape index (κ2) is 6.59. The van der Waals surface area contributed by atoms with Crippen molar-refractivity contribution in [1.29, 1.82) is 0 Å². The molecule has 0 bridgehead atoms. The molecule has 21 heavy (non-hydrogen) atoms. The standard InChI is InChI=1S/C17H17BrN2O/c1-11-8-12(2)17(15(18)9-11)20-16(21)7-6-13-4-3-5-14(19)10-13/h3-10H,19H2,1-2H3,(H,20,21)/b7-6+. The van der Waals surface area contributed by atoms with Crippen LogP contribution in [0.4, 0.5) is 11.4 Å². The van der Waals surface area contributed by atoms with Crippen molar-refractivity contribution in [3.8, 4) is 0 Å². The molecule has 0 aromatic heterocycles. The van der Waals surface area contributed by atoms with Crippen molar-refractivity contribution in [3.05, 3.63) is 63.6 Å². The molecule has 0 fully saturated rings. The lowest BCUT2D eigenvalue weighted by Crippen LogP contribution is -2.09. The molecule has 0 unspecified atom stereocenters. The molecule has 0 saturated carbocycles. The molecule has 0 aliphatic rings. The lowest BCUT2D eigenvalue weighted by molar-refractivity contribution is -0.111. The van der Waals surface area contributed by atoms with Gasteiger partial charge in [0.2, 0.25) is 5.91 Å². The summed E-state index contributed by atoms with van der Waals surface area (Å²) in [5, 5.41) is 2.89. The van der Waals surface area contributed by atoms with Crippen molar-refractivity contribution in [2.45, 2.75) is 13.8 Å². The molecule has 0 heterocycles. The topological polar surface area (TPSA) is 55.1 Å². The van der Waals surface area contributed by atoms with Crippen LogP contribution in [0, 0.1) is 13.8 Å². The Labute approximate surface area is 133 Å². The van der Waals surface area contributed by atoms with Crippen LogP contribution in [0.15, 0.2) is 46.9 Å². The largest absolute Gasteiger partial charge is 0.399 e. The maximum Gasteiger partial charge on any atom is 0.248 e.